The highest BCUT2D eigenvalue weighted by molar-refractivity contribution is 5.75. The van der Waals surface area contributed by atoms with Crippen LogP contribution in [0, 0.1) is 19.8 Å². The van der Waals surface area contributed by atoms with Gasteiger partial charge in [0.1, 0.15) is 18.0 Å². The Balaban J connectivity index is 1.47. The number of nitrogens with zero attached hydrogens (tertiary/aromatic N) is 5. The Labute approximate surface area is 179 Å². The standard InChI is InChI=1S/C22H35N7O/c1-5-10-23-20-12-21(26-15-25-20)29-11-6-7-18(14-29)8-9-22(30)24-13-19-16(2)27-28(4)17(19)3/h12,15,18H,5-11,13-14H2,1-4H3,(H,24,30)(H,23,25,26). The van der Waals surface area contributed by atoms with Crippen molar-refractivity contribution in [3.05, 3.63) is 29.3 Å². The van der Waals surface area contributed by atoms with E-state index in [-0.39, 0.29) is 5.91 Å². The first kappa shape index (κ1) is 22.1. The molecule has 1 aliphatic heterocycles. The highest BCUT2D eigenvalue weighted by Crippen LogP contribution is 2.25. The molecule has 1 atom stereocenters. The minimum atomic E-state index is 0.114. The minimum Gasteiger partial charge on any atom is -0.370 e. The molecule has 0 bridgehead atoms. The highest BCUT2D eigenvalue weighted by Gasteiger charge is 2.22. The fraction of sp³-hybridized carbons (Fsp3) is 0.636. The Morgan fingerprint density at radius 1 is 1.30 bits per heavy atom. The zero-order chi connectivity index (χ0) is 21.5. The van der Waals surface area contributed by atoms with Crippen LogP contribution >= 0.6 is 0 Å². The van der Waals surface area contributed by atoms with Crippen LogP contribution in [0.1, 0.15) is 56.0 Å². The van der Waals surface area contributed by atoms with Gasteiger partial charge >= 0.3 is 0 Å². The minimum absolute atomic E-state index is 0.114. The second-order valence-electron chi connectivity index (χ2n) is 8.23. The molecule has 8 nitrogen and oxygen atoms in total. The maximum atomic E-state index is 12.4. The number of hydrogen-bond acceptors (Lipinski definition) is 6. The van der Waals surface area contributed by atoms with Crippen molar-refractivity contribution in [2.24, 2.45) is 13.0 Å². The Morgan fingerprint density at radius 2 is 2.13 bits per heavy atom. The number of anilines is 2. The molecule has 1 amide bonds. The molecule has 1 unspecified atom stereocenters. The van der Waals surface area contributed by atoms with Crippen LogP contribution in [-0.2, 0) is 18.4 Å². The van der Waals surface area contributed by atoms with Gasteiger partial charge < -0.3 is 15.5 Å². The molecule has 0 aromatic carbocycles. The number of rotatable bonds is 9. The molecule has 3 heterocycles. The van der Waals surface area contributed by atoms with Crippen molar-refractivity contribution < 1.29 is 4.79 Å². The Hall–Kier alpha value is -2.64. The average Bonchev–Trinajstić information content (AvgIpc) is 3.00. The number of hydrogen-bond donors (Lipinski definition) is 2. The second-order valence-corrected chi connectivity index (χ2v) is 8.23. The lowest BCUT2D eigenvalue weighted by molar-refractivity contribution is -0.121. The molecule has 8 heteroatoms. The smallest absolute Gasteiger partial charge is 0.220 e. The molecule has 30 heavy (non-hydrogen) atoms. The zero-order valence-corrected chi connectivity index (χ0v) is 18.7. The van der Waals surface area contributed by atoms with Gasteiger partial charge in [-0.2, -0.15) is 5.10 Å². The summed E-state index contributed by atoms with van der Waals surface area (Å²) in [7, 11) is 1.93. The Morgan fingerprint density at radius 3 is 2.87 bits per heavy atom. The van der Waals surface area contributed by atoms with Crippen molar-refractivity contribution in [3.8, 4) is 0 Å². The quantitative estimate of drug-likeness (QED) is 0.657. The summed E-state index contributed by atoms with van der Waals surface area (Å²) in [5.41, 5.74) is 3.20. The summed E-state index contributed by atoms with van der Waals surface area (Å²) in [5, 5.41) is 10.8. The molecular formula is C22H35N7O. The summed E-state index contributed by atoms with van der Waals surface area (Å²) < 4.78 is 1.86. The van der Waals surface area contributed by atoms with E-state index in [1.165, 1.54) is 0 Å². The lowest BCUT2D eigenvalue weighted by Crippen LogP contribution is -2.36. The monoisotopic (exact) mass is 413 g/mol. The van der Waals surface area contributed by atoms with E-state index in [9.17, 15) is 4.79 Å². The predicted molar refractivity (Wildman–Crippen MR) is 120 cm³/mol. The van der Waals surface area contributed by atoms with E-state index >= 15 is 0 Å². The summed E-state index contributed by atoms with van der Waals surface area (Å²) in [6.45, 7) is 9.57. The number of nitrogens with one attached hydrogen (secondary N) is 2. The van der Waals surface area contributed by atoms with Gasteiger partial charge in [-0.25, -0.2) is 9.97 Å². The summed E-state index contributed by atoms with van der Waals surface area (Å²) >= 11 is 0. The normalized spacial score (nSPS) is 16.5. The lowest BCUT2D eigenvalue weighted by atomic mass is 9.93. The predicted octanol–water partition coefficient (Wildman–Crippen LogP) is 2.96. The average molecular weight is 414 g/mol. The molecule has 3 rings (SSSR count). The lowest BCUT2D eigenvalue weighted by Gasteiger charge is -2.33. The number of piperidine rings is 1. The van der Waals surface area contributed by atoms with E-state index in [1.54, 1.807) is 6.33 Å². The first-order chi connectivity index (χ1) is 14.5. The molecule has 2 aromatic heterocycles. The van der Waals surface area contributed by atoms with Crippen LogP contribution in [-0.4, -0.2) is 45.3 Å². The van der Waals surface area contributed by atoms with Gasteiger partial charge in [0.05, 0.1) is 5.69 Å². The van der Waals surface area contributed by atoms with Crippen LogP contribution in [0.3, 0.4) is 0 Å². The van der Waals surface area contributed by atoms with Crippen molar-refractivity contribution in [2.75, 3.05) is 29.9 Å². The third-order valence-electron chi connectivity index (χ3n) is 5.95. The SMILES string of the molecule is CCCNc1cc(N2CCCC(CCC(=O)NCc3c(C)nn(C)c3C)C2)ncn1. The molecule has 0 radical (unpaired) electrons. The first-order valence-corrected chi connectivity index (χ1v) is 11.0. The van der Waals surface area contributed by atoms with Crippen LogP contribution in [0.4, 0.5) is 11.6 Å². The Kier molecular flexibility index (Phi) is 7.65. The maximum absolute atomic E-state index is 12.4. The number of carbonyl (C=O) groups is 1. The van der Waals surface area contributed by atoms with Gasteiger partial charge in [0.2, 0.25) is 5.91 Å². The summed E-state index contributed by atoms with van der Waals surface area (Å²) in [6, 6.07) is 2.03. The van der Waals surface area contributed by atoms with Gasteiger partial charge in [0, 0.05) is 57.0 Å². The molecule has 1 aliphatic rings. The van der Waals surface area contributed by atoms with E-state index in [0.717, 1.165) is 73.9 Å². The molecule has 1 saturated heterocycles. The van der Waals surface area contributed by atoms with Crippen LogP contribution < -0.4 is 15.5 Å². The summed E-state index contributed by atoms with van der Waals surface area (Å²) in [5.74, 6) is 2.47. The zero-order valence-electron chi connectivity index (χ0n) is 18.7. The van der Waals surface area contributed by atoms with E-state index in [0.29, 0.717) is 18.9 Å². The van der Waals surface area contributed by atoms with Crippen LogP contribution in [0.15, 0.2) is 12.4 Å². The van der Waals surface area contributed by atoms with Crippen LogP contribution in [0.2, 0.25) is 0 Å². The van der Waals surface area contributed by atoms with E-state index < -0.39 is 0 Å². The van der Waals surface area contributed by atoms with Gasteiger partial charge in [0.15, 0.2) is 0 Å². The van der Waals surface area contributed by atoms with E-state index in [2.05, 4.69) is 37.5 Å². The molecule has 0 saturated carbocycles. The summed E-state index contributed by atoms with van der Waals surface area (Å²) in [4.78, 5) is 23.5. The third-order valence-corrected chi connectivity index (χ3v) is 5.95. The number of aryl methyl sites for hydroxylation is 2. The topological polar surface area (TPSA) is 88.0 Å². The molecule has 2 N–H and O–H groups in total. The molecule has 0 spiro atoms. The molecule has 0 aliphatic carbocycles. The highest BCUT2D eigenvalue weighted by atomic mass is 16.1. The molecule has 1 fully saturated rings. The van der Waals surface area contributed by atoms with Gasteiger partial charge in [-0.3, -0.25) is 9.48 Å². The van der Waals surface area contributed by atoms with E-state index in [1.807, 2.05) is 31.6 Å². The van der Waals surface area contributed by atoms with Crippen molar-refractivity contribution >= 4 is 17.5 Å². The largest absolute Gasteiger partial charge is 0.370 e. The van der Waals surface area contributed by atoms with Crippen molar-refractivity contribution in [2.45, 2.75) is 59.4 Å². The molecule has 2 aromatic rings. The van der Waals surface area contributed by atoms with Gasteiger partial charge in [-0.15, -0.1) is 0 Å². The van der Waals surface area contributed by atoms with Gasteiger partial charge in [-0.05, 0) is 45.4 Å². The Bertz CT molecular complexity index is 848. The maximum Gasteiger partial charge on any atom is 0.220 e. The van der Waals surface area contributed by atoms with E-state index in [4.69, 9.17) is 0 Å². The fourth-order valence-electron chi connectivity index (χ4n) is 4.06. The van der Waals surface area contributed by atoms with Crippen molar-refractivity contribution in [1.29, 1.82) is 0 Å². The number of amides is 1. The van der Waals surface area contributed by atoms with Crippen LogP contribution in [0.5, 0.6) is 0 Å². The van der Waals surface area contributed by atoms with Crippen molar-refractivity contribution in [1.82, 2.24) is 25.1 Å². The third kappa shape index (κ3) is 5.70. The van der Waals surface area contributed by atoms with Gasteiger partial charge in [-0.1, -0.05) is 6.92 Å². The molecular weight excluding hydrogens is 378 g/mol. The molecule has 164 valence electrons. The second kappa shape index (κ2) is 10.4. The number of aromatic nitrogens is 4. The van der Waals surface area contributed by atoms with Crippen molar-refractivity contribution in [3.63, 3.8) is 0 Å². The van der Waals surface area contributed by atoms with Crippen LogP contribution in [0.25, 0.3) is 0 Å². The van der Waals surface area contributed by atoms with Gasteiger partial charge in [0.25, 0.3) is 0 Å². The number of carbonyl (C=O) groups excluding carboxylic acids is 1. The summed E-state index contributed by atoms with van der Waals surface area (Å²) in [6.07, 6.45) is 6.45. The first-order valence-electron chi connectivity index (χ1n) is 11.0. The fourth-order valence-corrected chi connectivity index (χ4v) is 4.06.